The number of hydrogen-bond acceptors (Lipinski definition) is 7. The van der Waals surface area contributed by atoms with E-state index in [9.17, 15) is 9.90 Å². The van der Waals surface area contributed by atoms with Crippen LogP contribution in [0.25, 0.3) is 0 Å². The Hall–Kier alpha value is -2.48. The normalized spacial score (nSPS) is 20.7. The van der Waals surface area contributed by atoms with Crippen LogP contribution in [0.4, 0.5) is 5.82 Å². The zero-order chi connectivity index (χ0) is 16.3. The molecule has 0 radical (unpaired) electrons. The molecule has 0 bridgehead atoms. The van der Waals surface area contributed by atoms with E-state index in [-0.39, 0.29) is 18.2 Å². The lowest BCUT2D eigenvalue weighted by Gasteiger charge is -2.23. The number of aliphatic hydroxyl groups is 1. The van der Waals surface area contributed by atoms with Crippen LogP contribution in [0.5, 0.6) is 0 Å². The van der Waals surface area contributed by atoms with E-state index in [0.717, 1.165) is 11.5 Å². The predicted octanol–water partition coefficient (Wildman–Crippen LogP) is 0.398. The first-order chi connectivity index (χ1) is 11.1. The maximum absolute atomic E-state index is 12.0. The maximum Gasteiger partial charge on any atom is 0.290 e. The molecule has 0 saturated carbocycles. The number of nitrogens with one attached hydrogen (secondary N) is 1. The number of carbonyl (C=O) groups is 1. The van der Waals surface area contributed by atoms with Crippen LogP contribution in [0.3, 0.4) is 0 Å². The first kappa shape index (κ1) is 15.4. The predicted molar refractivity (Wildman–Crippen MR) is 82.0 cm³/mol. The fraction of sp³-hybridized carbons (Fsp3) is 0.467. The van der Waals surface area contributed by atoms with Gasteiger partial charge in [-0.15, -0.1) is 0 Å². The van der Waals surface area contributed by atoms with Crippen molar-refractivity contribution in [2.45, 2.75) is 25.4 Å². The van der Waals surface area contributed by atoms with Gasteiger partial charge in [0.25, 0.3) is 5.91 Å². The molecule has 1 fully saturated rings. The highest BCUT2D eigenvalue weighted by atomic mass is 16.5. The summed E-state index contributed by atoms with van der Waals surface area (Å²) in [5, 5.41) is 17.1. The molecule has 0 aromatic carbocycles. The van der Waals surface area contributed by atoms with Gasteiger partial charge in [-0.3, -0.25) is 9.78 Å². The highest BCUT2D eigenvalue weighted by Crippen LogP contribution is 2.24. The minimum Gasteiger partial charge on any atom is -0.386 e. The van der Waals surface area contributed by atoms with Crippen molar-refractivity contribution < 1.29 is 14.4 Å². The summed E-state index contributed by atoms with van der Waals surface area (Å²) in [6.45, 7) is 3.13. The van der Waals surface area contributed by atoms with Gasteiger partial charge in [-0.1, -0.05) is 12.1 Å². The molecule has 1 aliphatic heterocycles. The van der Waals surface area contributed by atoms with Gasteiger partial charge in [0.2, 0.25) is 5.76 Å². The molecular weight excluding hydrogens is 298 g/mol. The highest BCUT2D eigenvalue weighted by Gasteiger charge is 2.37. The van der Waals surface area contributed by atoms with Crippen molar-refractivity contribution in [2.75, 3.05) is 24.5 Å². The topological polar surface area (TPSA) is 104 Å². The third kappa shape index (κ3) is 3.48. The molecule has 0 spiro atoms. The van der Waals surface area contributed by atoms with Crippen molar-refractivity contribution in [2.24, 2.45) is 0 Å². The molecule has 0 aliphatic carbocycles. The Morgan fingerprint density at radius 3 is 3.09 bits per heavy atom. The second kappa shape index (κ2) is 6.33. The van der Waals surface area contributed by atoms with Gasteiger partial charge in [-0.05, 0) is 12.8 Å². The summed E-state index contributed by atoms with van der Waals surface area (Å²) in [5.41, 5.74) is -0.274. The second-order valence-corrected chi connectivity index (χ2v) is 5.68. The lowest BCUT2D eigenvalue weighted by Crippen LogP contribution is -2.45. The molecule has 3 heterocycles. The molecule has 1 atom stereocenters. The van der Waals surface area contributed by atoms with Gasteiger partial charge in [0, 0.05) is 38.1 Å². The summed E-state index contributed by atoms with van der Waals surface area (Å²) in [5.74, 6) is 0.510. The number of hydrogen-bond donors (Lipinski definition) is 2. The molecule has 8 nitrogen and oxygen atoms in total. The van der Waals surface area contributed by atoms with Crippen LogP contribution in [-0.2, 0) is 6.42 Å². The zero-order valence-corrected chi connectivity index (χ0v) is 12.9. The Balaban J connectivity index is 1.56. The number of nitrogens with zero attached hydrogens (tertiary/aromatic N) is 4. The molecule has 23 heavy (non-hydrogen) atoms. The molecule has 2 aromatic rings. The van der Waals surface area contributed by atoms with Crippen LogP contribution in [0.15, 0.2) is 29.2 Å². The van der Waals surface area contributed by atoms with Crippen LogP contribution in [0.2, 0.25) is 0 Å². The molecule has 2 aromatic heterocycles. The number of β-amino-alcohol motifs (C(OH)–C–C–N with tert-alkyl or cyclic N) is 1. The summed E-state index contributed by atoms with van der Waals surface area (Å²) in [6, 6.07) is 1.61. The van der Waals surface area contributed by atoms with Gasteiger partial charge in [-0.25, -0.2) is 4.98 Å². The second-order valence-electron chi connectivity index (χ2n) is 5.68. The summed E-state index contributed by atoms with van der Waals surface area (Å²) >= 11 is 0. The number of carbonyl (C=O) groups excluding carboxylic acids is 1. The van der Waals surface area contributed by atoms with Crippen molar-refractivity contribution in [1.82, 2.24) is 20.4 Å². The van der Waals surface area contributed by atoms with Crippen LogP contribution < -0.4 is 10.2 Å². The number of amides is 1. The van der Waals surface area contributed by atoms with Crippen LogP contribution in [0, 0.1) is 0 Å². The minimum atomic E-state index is -0.999. The van der Waals surface area contributed by atoms with Gasteiger partial charge in [0.1, 0.15) is 11.4 Å². The average molecular weight is 317 g/mol. The molecular formula is C15H19N5O3. The van der Waals surface area contributed by atoms with E-state index in [1.54, 1.807) is 24.7 Å². The Labute approximate surface area is 133 Å². The van der Waals surface area contributed by atoms with Gasteiger partial charge < -0.3 is 19.8 Å². The molecule has 122 valence electrons. The van der Waals surface area contributed by atoms with E-state index < -0.39 is 5.60 Å². The lowest BCUT2D eigenvalue weighted by atomic mass is 10.0. The fourth-order valence-corrected chi connectivity index (χ4v) is 2.57. The van der Waals surface area contributed by atoms with E-state index in [1.165, 1.54) is 0 Å². The van der Waals surface area contributed by atoms with E-state index in [4.69, 9.17) is 4.52 Å². The Morgan fingerprint density at radius 2 is 2.39 bits per heavy atom. The van der Waals surface area contributed by atoms with E-state index in [1.807, 2.05) is 11.8 Å². The third-order valence-corrected chi connectivity index (χ3v) is 3.93. The molecule has 3 rings (SSSR count). The highest BCUT2D eigenvalue weighted by molar-refractivity contribution is 5.91. The van der Waals surface area contributed by atoms with Gasteiger partial charge in [0.15, 0.2) is 0 Å². The molecule has 1 unspecified atom stereocenters. The molecule has 1 saturated heterocycles. The largest absolute Gasteiger partial charge is 0.386 e. The molecule has 8 heteroatoms. The fourth-order valence-electron chi connectivity index (χ4n) is 2.57. The summed E-state index contributed by atoms with van der Waals surface area (Å²) < 4.78 is 4.98. The lowest BCUT2D eigenvalue weighted by molar-refractivity contribution is 0.0564. The number of aryl methyl sites for hydroxylation is 1. The quantitative estimate of drug-likeness (QED) is 0.822. The maximum atomic E-state index is 12.0. The third-order valence-electron chi connectivity index (χ3n) is 3.93. The summed E-state index contributed by atoms with van der Waals surface area (Å²) in [6.07, 6.45) is 6.12. The molecule has 2 N–H and O–H groups in total. The van der Waals surface area contributed by atoms with Crippen molar-refractivity contribution in [3.63, 3.8) is 0 Å². The number of anilines is 1. The van der Waals surface area contributed by atoms with E-state index >= 15 is 0 Å². The Bertz CT molecular complexity index is 675. The van der Waals surface area contributed by atoms with Crippen LogP contribution >= 0.6 is 0 Å². The first-order valence-corrected chi connectivity index (χ1v) is 7.57. The van der Waals surface area contributed by atoms with Gasteiger partial charge in [0.05, 0.1) is 11.9 Å². The number of aromatic nitrogens is 3. The SMILES string of the molecule is CCc1cc(C(=O)NCC2(O)CCN(c3cnccn3)C2)on1. The van der Waals surface area contributed by atoms with Gasteiger partial charge >= 0.3 is 0 Å². The monoisotopic (exact) mass is 317 g/mol. The van der Waals surface area contributed by atoms with Crippen molar-refractivity contribution in [3.05, 3.63) is 36.1 Å². The van der Waals surface area contributed by atoms with Crippen molar-refractivity contribution in [3.8, 4) is 0 Å². The first-order valence-electron chi connectivity index (χ1n) is 7.57. The van der Waals surface area contributed by atoms with Crippen molar-refractivity contribution >= 4 is 11.7 Å². The molecule has 1 aliphatic rings. The minimum absolute atomic E-state index is 0.144. The van der Waals surface area contributed by atoms with Crippen molar-refractivity contribution in [1.29, 1.82) is 0 Å². The average Bonchev–Trinajstić information content (AvgIpc) is 3.21. The Kier molecular flexibility index (Phi) is 4.24. The molecule has 1 amide bonds. The Morgan fingerprint density at radius 1 is 1.52 bits per heavy atom. The van der Waals surface area contributed by atoms with E-state index in [0.29, 0.717) is 25.9 Å². The van der Waals surface area contributed by atoms with E-state index in [2.05, 4.69) is 20.4 Å². The summed E-state index contributed by atoms with van der Waals surface area (Å²) in [4.78, 5) is 22.2. The van der Waals surface area contributed by atoms with Gasteiger partial charge in [-0.2, -0.15) is 0 Å². The van der Waals surface area contributed by atoms with Crippen LogP contribution in [-0.4, -0.2) is 51.4 Å². The standard InChI is InChI=1S/C15H19N5O3/c1-2-11-7-12(23-19-11)14(21)18-9-15(22)3-6-20(10-15)13-8-16-4-5-17-13/h4-5,7-8,22H,2-3,6,9-10H2,1H3,(H,18,21). The summed E-state index contributed by atoms with van der Waals surface area (Å²) in [7, 11) is 0. The zero-order valence-electron chi connectivity index (χ0n) is 12.9. The smallest absolute Gasteiger partial charge is 0.290 e. The number of rotatable bonds is 5. The van der Waals surface area contributed by atoms with Crippen LogP contribution in [0.1, 0.15) is 29.6 Å².